The van der Waals surface area contributed by atoms with Crippen molar-refractivity contribution in [1.82, 2.24) is 0 Å². The molecule has 0 bridgehead atoms. The van der Waals surface area contributed by atoms with Crippen molar-refractivity contribution in [1.29, 1.82) is 0 Å². The molecule has 1 aliphatic heterocycles. The highest BCUT2D eigenvalue weighted by Crippen LogP contribution is 2.38. The number of ether oxygens (including phenoxy) is 3. The minimum atomic E-state index is -0.981. The first kappa shape index (κ1) is 18.9. The standard InChI is InChI=1S/C18H28O6/c1-5-22-17(21)16(20)13-9-15(19)24-18(13)23-14-8-11(4)6-7-12(14)10(2)3/h10-14,18H,5-9H2,1-4H3/t11-,12+,13+,14-,18-/m1/s1. The molecule has 0 radical (unpaired) electrons. The lowest BCUT2D eigenvalue weighted by Crippen LogP contribution is -2.41. The first-order chi connectivity index (χ1) is 11.3. The predicted octanol–water partition coefficient (Wildman–Crippen LogP) is 2.49. The molecule has 0 aromatic rings. The number of carbonyl (C=O) groups is 3. The van der Waals surface area contributed by atoms with Crippen LogP contribution in [0.1, 0.15) is 53.4 Å². The van der Waals surface area contributed by atoms with Crippen LogP contribution in [0.3, 0.4) is 0 Å². The third kappa shape index (κ3) is 4.35. The Kier molecular flexibility index (Phi) is 6.38. The van der Waals surface area contributed by atoms with Crippen LogP contribution >= 0.6 is 0 Å². The molecule has 24 heavy (non-hydrogen) atoms. The van der Waals surface area contributed by atoms with E-state index in [1.165, 1.54) is 0 Å². The van der Waals surface area contributed by atoms with E-state index in [0.717, 1.165) is 19.3 Å². The minimum Gasteiger partial charge on any atom is -0.460 e. The normalized spacial score (nSPS) is 33.4. The van der Waals surface area contributed by atoms with Crippen LogP contribution in [0.15, 0.2) is 0 Å². The summed E-state index contributed by atoms with van der Waals surface area (Å²) in [5, 5.41) is 0. The first-order valence-electron chi connectivity index (χ1n) is 8.89. The van der Waals surface area contributed by atoms with Crippen molar-refractivity contribution in [3.05, 3.63) is 0 Å². The average Bonchev–Trinajstić information content (AvgIpc) is 2.87. The van der Waals surface area contributed by atoms with Gasteiger partial charge in [0.2, 0.25) is 12.1 Å². The number of hydrogen-bond donors (Lipinski definition) is 0. The summed E-state index contributed by atoms with van der Waals surface area (Å²) in [7, 11) is 0. The summed E-state index contributed by atoms with van der Waals surface area (Å²) >= 11 is 0. The van der Waals surface area contributed by atoms with Gasteiger partial charge in [-0.25, -0.2) is 4.79 Å². The van der Waals surface area contributed by atoms with Crippen molar-refractivity contribution in [3.8, 4) is 0 Å². The van der Waals surface area contributed by atoms with E-state index >= 15 is 0 Å². The molecule has 5 atom stereocenters. The van der Waals surface area contributed by atoms with E-state index in [-0.39, 0.29) is 19.1 Å². The molecule has 0 aromatic carbocycles. The zero-order valence-electron chi connectivity index (χ0n) is 14.9. The Hall–Kier alpha value is -1.43. The van der Waals surface area contributed by atoms with E-state index in [4.69, 9.17) is 14.2 Å². The Bertz CT molecular complexity index is 486. The van der Waals surface area contributed by atoms with E-state index in [1.807, 2.05) is 0 Å². The average molecular weight is 340 g/mol. The fourth-order valence-corrected chi connectivity index (χ4v) is 3.67. The van der Waals surface area contributed by atoms with Crippen molar-refractivity contribution < 1.29 is 28.6 Å². The topological polar surface area (TPSA) is 78.9 Å². The highest BCUT2D eigenvalue weighted by Gasteiger charge is 2.46. The first-order valence-corrected chi connectivity index (χ1v) is 8.89. The number of ketones is 1. The molecule has 6 nitrogen and oxygen atoms in total. The van der Waals surface area contributed by atoms with Gasteiger partial charge in [0.25, 0.3) is 0 Å². The number of esters is 2. The summed E-state index contributed by atoms with van der Waals surface area (Å²) in [5.41, 5.74) is 0. The van der Waals surface area contributed by atoms with Gasteiger partial charge in [-0.2, -0.15) is 0 Å². The van der Waals surface area contributed by atoms with E-state index in [1.54, 1.807) is 6.92 Å². The summed E-state index contributed by atoms with van der Waals surface area (Å²) in [6, 6.07) is 0. The molecule has 0 unspecified atom stereocenters. The summed E-state index contributed by atoms with van der Waals surface area (Å²) in [6.45, 7) is 8.23. The third-order valence-corrected chi connectivity index (χ3v) is 5.05. The van der Waals surface area contributed by atoms with Gasteiger partial charge in [0.15, 0.2) is 0 Å². The van der Waals surface area contributed by atoms with Crippen LogP contribution in [-0.2, 0) is 28.6 Å². The maximum atomic E-state index is 12.2. The van der Waals surface area contributed by atoms with E-state index in [0.29, 0.717) is 17.8 Å². The lowest BCUT2D eigenvalue weighted by molar-refractivity contribution is -0.197. The van der Waals surface area contributed by atoms with Gasteiger partial charge in [-0.1, -0.05) is 27.2 Å². The molecule has 136 valence electrons. The maximum Gasteiger partial charge on any atom is 0.375 e. The number of rotatable bonds is 6. The third-order valence-electron chi connectivity index (χ3n) is 5.05. The second kappa shape index (κ2) is 8.10. The highest BCUT2D eigenvalue weighted by molar-refractivity contribution is 6.35. The fourth-order valence-electron chi connectivity index (χ4n) is 3.67. The van der Waals surface area contributed by atoms with Crippen molar-refractivity contribution >= 4 is 17.7 Å². The summed E-state index contributed by atoms with van der Waals surface area (Å²) in [4.78, 5) is 35.6. The monoisotopic (exact) mass is 340 g/mol. The van der Waals surface area contributed by atoms with Gasteiger partial charge in [0, 0.05) is 0 Å². The smallest absolute Gasteiger partial charge is 0.375 e. The zero-order chi connectivity index (χ0) is 17.9. The largest absolute Gasteiger partial charge is 0.460 e. The fraction of sp³-hybridized carbons (Fsp3) is 0.833. The molecule has 1 aliphatic carbocycles. The summed E-state index contributed by atoms with van der Waals surface area (Å²) in [6.07, 6.45) is 1.90. The lowest BCUT2D eigenvalue weighted by Gasteiger charge is -2.38. The maximum absolute atomic E-state index is 12.2. The van der Waals surface area contributed by atoms with Gasteiger partial charge in [-0.3, -0.25) is 9.59 Å². The van der Waals surface area contributed by atoms with Crippen molar-refractivity contribution in [2.45, 2.75) is 65.8 Å². The predicted molar refractivity (Wildman–Crippen MR) is 85.8 cm³/mol. The van der Waals surface area contributed by atoms with Crippen LogP contribution in [0.5, 0.6) is 0 Å². The molecule has 0 spiro atoms. The van der Waals surface area contributed by atoms with E-state index < -0.39 is 29.9 Å². The molecular formula is C18H28O6. The minimum absolute atomic E-state index is 0.0675. The van der Waals surface area contributed by atoms with Crippen LogP contribution in [0.4, 0.5) is 0 Å². The molecule has 2 fully saturated rings. The second-order valence-electron chi connectivity index (χ2n) is 7.25. The number of carbonyl (C=O) groups excluding carboxylic acids is 3. The molecule has 1 heterocycles. The molecule has 0 aromatic heterocycles. The molecule has 2 rings (SSSR count). The van der Waals surface area contributed by atoms with Crippen LogP contribution in [-0.4, -0.2) is 36.7 Å². The molecule has 1 saturated carbocycles. The Morgan fingerprint density at radius 1 is 1.29 bits per heavy atom. The second-order valence-corrected chi connectivity index (χ2v) is 7.25. The quantitative estimate of drug-likeness (QED) is 0.546. The van der Waals surface area contributed by atoms with Crippen LogP contribution < -0.4 is 0 Å². The van der Waals surface area contributed by atoms with Crippen molar-refractivity contribution in [2.75, 3.05) is 6.61 Å². The summed E-state index contributed by atoms with van der Waals surface area (Å²) in [5.74, 6) is -1.74. The number of Topliss-reactive ketones (excluding diaryl/α,β-unsaturated/α-hetero) is 1. The van der Waals surface area contributed by atoms with Gasteiger partial charge in [0.05, 0.1) is 19.1 Å². The van der Waals surface area contributed by atoms with E-state index in [2.05, 4.69) is 20.8 Å². The molecule has 0 N–H and O–H groups in total. The molecule has 0 amide bonds. The van der Waals surface area contributed by atoms with Crippen molar-refractivity contribution in [3.63, 3.8) is 0 Å². The Labute approximate surface area is 143 Å². The molecule has 6 heteroatoms. The SMILES string of the molecule is CCOC(=O)C(=O)[C@@H]1CC(=O)O[C@H]1O[C@@H]1C[C@H](C)CC[C@H]1C(C)C. The molecule has 2 aliphatic rings. The Morgan fingerprint density at radius 3 is 2.62 bits per heavy atom. The zero-order valence-corrected chi connectivity index (χ0v) is 14.9. The van der Waals surface area contributed by atoms with Gasteiger partial charge in [0.1, 0.15) is 5.92 Å². The van der Waals surface area contributed by atoms with Gasteiger partial charge in [-0.05, 0) is 37.5 Å². The molecule has 1 saturated heterocycles. The lowest BCUT2D eigenvalue weighted by atomic mass is 9.75. The molecular weight excluding hydrogens is 312 g/mol. The number of cyclic esters (lactones) is 1. The van der Waals surface area contributed by atoms with Crippen molar-refractivity contribution in [2.24, 2.45) is 23.7 Å². The van der Waals surface area contributed by atoms with Gasteiger partial charge < -0.3 is 14.2 Å². The number of hydrogen-bond acceptors (Lipinski definition) is 6. The Morgan fingerprint density at radius 2 is 2.00 bits per heavy atom. The van der Waals surface area contributed by atoms with Crippen LogP contribution in [0.25, 0.3) is 0 Å². The summed E-state index contributed by atoms with van der Waals surface area (Å²) < 4.78 is 16.0. The van der Waals surface area contributed by atoms with Crippen LogP contribution in [0, 0.1) is 23.7 Å². The highest BCUT2D eigenvalue weighted by atomic mass is 16.7. The Balaban J connectivity index is 2.08. The van der Waals surface area contributed by atoms with E-state index in [9.17, 15) is 14.4 Å². The van der Waals surface area contributed by atoms with Gasteiger partial charge in [-0.15, -0.1) is 0 Å². The van der Waals surface area contributed by atoms with Gasteiger partial charge >= 0.3 is 11.9 Å². The van der Waals surface area contributed by atoms with Crippen LogP contribution in [0.2, 0.25) is 0 Å².